The third-order valence-corrected chi connectivity index (χ3v) is 7.00. The lowest BCUT2D eigenvalue weighted by atomic mass is 9.85. The number of rotatable bonds is 7. The Morgan fingerprint density at radius 1 is 1.00 bits per heavy atom. The summed E-state index contributed by atoms with van der Waals surface area (Å²) < 4.78 is 0. The predicted molar refractivity (Wildman–Crippen MR) is 132 cm³/mol. The summed E-state index contributed by atoms with van der Waals surface area (Å²) in [7, 11) is 0. The van der Waals surface area contributed by atoms with Gasteiger partial charge in [-0.15, -0.1) is 0 Å². The second kappa shape index (κ2) is 10.3. The highest BCUT2D eigenvalue weighted by molar-refractivity contribution is 5.96. The van der Waals surface area contributed by atoms with Gasteiger partial charge in [-0.3, -0.25) is 14.4 Å². The molecule has 1 N–H and O–H groups in total. The van der Waals surface area contributed by atoms with Crippen molar-refractivity contribution in [2.75, 3.05) is 31.2 Å². The molecule has 7 nitrogen and oxygen atoms in total. The molecule has 4 rings (SSSR count). The second-order valence-electron chi connectivity index (χ2n) is 9.27. The van der Waals surface area contributed by atoms with E-state index in [1.807, 2.05) is 79.4 Å². The zero-order valence-corrected chi connectivity index (χ0v) is 20.1. The van der Waals surface area contributed by atoms with Crippen molar-refractivity contribution >= 4 is 23.4 Å². The molecule has 3 amide bonds. The first-order valence-electron chi connectivity index (χ1n) is 12.2. The molecule has 0 aliphatic carbocycles. The van der Waals surface area contributed by atoms with E-state index < -0.39 is 5.54 Å². The maximum atomic E-state index is 13.8. The number of likely N-dealkylation sites (tertiary alicyclic amines) is 1. The highest BCUT2D eigenvalue weighted by Crippen LogP contribution is 2.39. The third kappa shape index (κ3) is 4.79. The molecule has 2 aromatic rings. The van der Waals surface area contributed by atoms with Crippen LogP contribution in [0.4, 0.5) is 5.69 Å². The molecule has 1 atom stereocenters. The van der Waals surface area contributed by atoms with Gasteiger partial charge >= 0.3 is 0 Å². The van der Waals surface area contributed by atoms with Crippen molar-refractivity contribution in [3.63, 3.8) is 0 Å². The quantitative estimate of drug-likeness (QED) is 0.685. The monoisotopic (exact) mass is 462 g/mol. The van der Waals surface area contributed by atoms with Crippen molar-refractivity contribution in [2.24, 2.45) is 0 Å². The van der Waals surface area contributed by atoms with Crippen LogP contribution in [0.5, 0.6) is 0 Å². The minimum Gasteiger partial charge on any atom is -0.348 e. The van der Waals surface area contributed by atoms with E-state index in [0.717, 1.165) is 17.7 Å². The third-order valence-electron chi connectivity index (χ3n) is 7.00. The Hall–Kier alpha value is -3.35. The molecule has 2 aliphatic rings. The number of benzene rings is 2. The van der Waals surface area contributed by atoms with Crippen molar-refractivity contribution in [3.05, 3.63) is 66.2 Å². The van der Waals surface area contributed by atoms with Gasteiger partial charge in [0.05, 0.1) is 12.7 Å². The maximum absolute atomic E-state index is 13.8. The van der Waals surface area contributed by atoms with Crippen LogP contribution in [0, 0.1) is 0 Å². The van der Waals surface area contributed by atoms with E-state index in [-0.39, 0.29) is 30.3 Å². The molecule has 2 aromatic carbocycles. The van der Waals surface area contributed by atoms with E-state index in [9.17, 15) is 14.4 Å². The smallest absolute Gasteiger partial charge is 0.250 e. The number of hydrogen-bond donors (Lipinski definition) is 1. The average molecular weight is 463 g/mol. The van der Waals surface area contributed by atoms with Crippen LogP contribution in [-0.4, -0.2) is 59.4 Å². The van der Waals surface area contributed by atoms with E-state index >= 15 is 0 Å². The Labute approximate surface area is 201 Å². The first-order valence-corrected chi connectivity index (χ1v) is 12.2. The van der Waals surface area contributed by atoms with Gasteiger partial charge in [-0.25, -0.2) is 0 Å². The number of carbonyl (C=O) groups is 3. The van der Waals surface area contributed by atoms with E-state index in [1.165, 1.54) is 0 Å². The SMILES string of the molecule is CCCC(=O)N1CCC2(CC1)C(=O)N(CC(=O)NC(C)c1ccccc1)CN2c1ccccc1. The zero-order chi connectivity index (χ0) is 24.1. The Bertz CT molecular complexity index is 1000. The predicted octanol–water partition coefficient (Wildman–Crippen LogP) is 3.33. The van der Waals surface area contributed by atoms with Crippen molar-refractivity contribution in [1.29, 1.82) is 0 Å². The van der Waals surface area contributed by atoms with E-state index in [0.29, 0.717) is 39.0 Å². The van der Waals surface area contributed by atoms with Crippen LogP contribution in [0.2, 0.25) is 0 Å². The highest BCUT2D eigenvalue weighted by atomic mass is 16.2. The molecular weight excluding hydrogens is 428 g/mol. The fourth-order valence-electron chi connectivity index (χ4n) is 5.11. The first-order chi connectivity index (χ1) is 16.4. The van der Waals surface area contributed by atoms with Crippen LogP contribution in [0.3, 0.4) is 0 Å². The fourth-order valence-corrected chi connectivity index (χ4v) is 5.11. The number of carbonyl (C=O) groups excluding carboxylic acids is 3. The summed E-state index contributed by atoms with van der Waals surface area (Å²) in [5, 5.41) is 3.02. The van der Waals surface area contributed by atoms with Gasteiger partial charge in [-0.1, -0.05) is 55.5 Å². The average Bonchev–Trinajstić information content (AvgIpc) is 3.11. The van der Waals surface area contributed by atoms with Crippen molar-refractivity contribution in [1.82, 2.24) is 15.1 Å². The first kappa shape index (κ1) is 23.8. The van der Waals surface area contributed by atoms with Crippen LogP contribution in [0.25, 0.3) is 0 Å². The molecule has 0 saturated carbocycles. The van der Waals surface area contributed by atoms with Crippen LogP contribution < -0.4 is 10.2 Å². The van der Waals surface area contributed by atoms with Gasteiger partial charge in [-0.05, 0) is 43.9 Å². The number of piperidine rings is 1. The molecule has 2 saturated heterocycles. The minimum absolute atomic E-state index is 0.0135. The number of anilines is 1. The van der Waals surface area contributed by atoms with Gasteiger partial charge < -0.3 is 20.0 Å². The van der Waals surface area contributed by atoms with Gasteiger partial charge in [-0.2, -0.15) is 0 Å². The molecule has 180 valence electrons. The van der Waals surface area contributed by atoms with Crippen LogP contribution in [0.15, 0.2) is 60.7 Å². The number of nitrogens with one attached hydrogen (secondary N) is 1. The van der Waals surface area contributed by atoms with Crippen molar-refractivity contribution in [2.45, 2.75) is 51.1 Å². The second-order valence-corrected chi connectivity index (χ2v) is 9.27. The summed E-state index contributed by atoms with van der Waals surface area (Å²) >= 11 is 0. The van der Waals surface area contributed by atoms with Gasteiger partial charge in [0.2, 0.25) is 11.8 Å². The van der Waals surface area contributed by atoms with Gasteiger partial charge in [0, 0.05) is 25.2 Å². The number of hydrogen-bond acceptors (Lipinski definition) is 4. The Morgan fingerprint density at radius 2 is 1.62 bits per heavy atom. The van der Waals surface area contributed by atoms with Crippen LogP contribution in [0.1, 0.15) is 51.1 Å². The van der Waals surface area contributed by atoms with E-state index in [4.69, 9.17) is 0 Å². The topological polar surface area (TPSA) is 73.0 Å². The zero-order valence-electron chi connectivity index (χ0n) is 20.1. The Morgan fingerprint density at radius 3 is 2.24 bits per heavy atom. The molecule has 2 heterocycles. The Balaban J connectivity index is 1.49. The summed E-state index contributed by atoms with van der Waals surface area (Å²) in [4.78, 5) is 44.7. The Kier molecular flexibility index (Phi) is 7.20. The van der Waals surface area contributed by atoms with Gasteiger partial charge in [0.1, 0.15) is 12.1 Å². The maximum Gasteiger partial charge on any atom is 0.250 e. The highest BCUT2D eigenvalue weighted by Gasteiger charge is 2.54. The molecule has 7 heteroatoms. The summed E-state index contributed by atoms with van der Waals surface area (Å²) in [5.74, 6) is -0.0491. The standard InChI is InChI=1S/C27H34N4O3/c1-3-10-25(33)29-17-15-27(16-18-29)26(34)30(20-31(27)23-13-8-5-9-14-23)19-24(32)28-21(2)22-11-6-4-7-12-22/h4-9,11-14,21H,3,10,15-20H2,1-2H3,(H,28,32). The summed E-state index contributed by atoms with van der Waals surface area (Å²) in [6.45, 7) is 5.43. The number of para-hydroxylation sites is 1. The van der Waals surface area contributed by atoms with Crippen molar-refractivity contribution in [3.8, 4) is 0 Å². The molecule has 34 heavy (non-hydrogen) atoms. The molecule has 0 bridgehead atoms. The van der Waals surface area contributed by atoms with Crippen LogP contribution in [-0.2, 0) is 14.4 Å². The lowest BCUT2D eigenvalue weighted by Crippen LogP contribution is -2.57. The summed E-state index contributed by atoms with van der Waals surface area (Å²) in [5.41, 5.74) is 1.26. The lowest BCUT2D eigenvalue weighted by molar-refractivity contribution is -0.140. The molecule has 0 radical (unpaired) electrons. The summed E-state index contributed by atoms with van der Waals surface area (Å²) in [6, 6.07) is 19.5. The lowest BCUT2D eigenvalue weighted by Gasteiger charge is -2.43. The van der Waals surface area contributed by atoms with E-state index in [1.54, 1.807) is 4.90 Å². The van der Waals surface area contributed by atoms with Crippen molar-refractivity contribution < 1.29 is 14.4 Å². The summed E-state index contributed by atoms with van der Waals surface area (Å²) in [6.07, 6.45) is 2.48. The minimum atomic E-state index is -0.727. The molecule has 1 unspecified atom stereocenters. The largest absolute Gasteiger partial charge is 0.348 e. The number of nitrogens with zero attached hydrogens (tertiary/aromatic N) is 3. The van der Waals surface area contributed by atoms with Gasteiger partial charge in [0.15, 0.2) is 0 Å². The van der Waals surface area contributed by atoms with E-state index in [2.05, 4.69) is 10.2 Å². The van der Waals surface area contributed by atoms with Crippen LogP contribution >= 0.6 is 0 Å². The fraction of sp³-hybridized carbons (Fsp3) is 0.444. The molecular formula is C27H34N4O3. The molecule has 2 fully saturated rings. The molecule has 1 spiro atoms. The normalized spacial score (nSPS) is 18.3. The molecule has 2 aliphatic heterocycles. The number of amides is 3. The van der Waals surface area contributed by atoms with Gasteiger partial charge in [0.25, 0.3) is 5.91 Å². The molecule has 0 aromatic heterocycles.